The number of hydrogen-bond acceptors (Lipinski definition) is 5. The number of nitrogens with zero attached hydrogens (tertiary/aromatic N) is 5. The molecule has 4 aromatic rings. The van der Waals surface area contributed by atoms with E-state index in [1.54, 1.807) is 6.07 Å². The van der Waals surface area contributed by atoms with Gasteiger partial charge in [0.25, 0.3) is 5.69 Å². The summed E-state index contributed by atoms with van der Waals surface area (Å²) in [6, 6.07) is 8.23. The Bertz CT molecular complexity index is 1170. The molecule has 4 heterocycles. The average molecular weight is 410 g/mol. The second kappa shape index (κ2) is 7.41. The predicted molar refractivity (Wildman–Crippen MR) is 115 cm³/mol. The van der Waals surface area contributed by atoms with Crippen LogP contribution in [0, 0.1) is 10.1 Å². The zero-order chi connectivity index (χ0) is 20.6. The number of ether oxygens (including phenoxy) is 1. The van der Waals surface area contributed by atoms with E-state index in [1.165, 1.54) is 12.3 Å². The average Bonchev–Trinajstić information content (AvgIpc) is 3.28. The van der Waals surface area contributed by atoms with Crippen molar-refractivity contribution in [2.24, 2.45) is 0 Å². The molecule has 0 saturated carbocycles. The maximum Gasteiger partial charge on any atom is 0.287 e. The maximum atomic E-state index is 10.9. The molecule has 0 bridgehead atoms. The molecule has 0 unspecified atom stereocenters. The van der Waals surface area contributed by atoms with Crippen LogP contribution >= 0.6 is 0 Å². The van der Waals surface area contributed by atoms with E-state index in [-0.39, 0.29) is 5.69 Å². The van der Waals surface area contributed by atoms with E-state index in [9.17, 15) is 10.1 Å². The summed E-state index contributed by atoms with van der Waals surface area (Å²) in [7, 11) is -1.12. The van der Waals surface area contributed by atoms with Crippen molar-refractivity contribution in [3.63, 3.8) is 0 Å². The molecule has 150 valence electrons. The Kier molecular flexibility index (Phi) is 4.93. The molecule has 0 amide bonds. The van der Waals surface area contributed by atoms with Crippen molar-refractivity contribution in [2.75, 3.05) is 6.61 Å². The Morgan fingerprint density at radius 2 is 1.93 bits per heavy atom. The Balaban J connectivity index is 1.66. The summed E-state index contributed by atoms with van der Waals surface area (Å²) in [6.07, 6.45) is 6.99. The third-order valence-corrected chi connectivity index (χ3v) is 6.55. The second-order valence-electron chi connectivity index (χ2n) is 8.25. The minimum atomic E-state index is -1.12. The van der Waals surface area contributed by atoms with Crippen LogP contribution in [0.25, 0.3) is 27.8 Å². The minimum Gasteiger partial charge on any atom is -0.361 e. The van der Waals surface area contributed by atoms with E-state index >= 15 is 0 Å². The van der Waals surface area contributed by atoms with Crippen molar-refractivity contribution in [1.82, 2.24) is 19.1 Å². The summed E-state index contributed by atoms with van der Waals surface area (Å²) >= 11 is 0. The molecule has 4 rings (SSSR count). The quantitative estimate of drug-likeness (QED) is 0.193. The number of aromatic nitrogens is 4. The molecule has 8 nitrogen and oxygen atoms in total. The standard InChI is InChI=1S/C20H23N5O3Si/c1-29(2,3)11-10-28-14-23-8-7-17-19-15(12-22-20(17)23)6-9-24(19)18-5-4-16(13-21-18)25(26)27/h4-9,12-13H,10-11,14H2,1-3H3. The Morgan fingerprint density at radius 3 is 2.62 bits per heavy atom. The van der Waals surface area contributed by atoms with Crippen LogP contribution in [0.5, 0.6) is 0 Å². The molecular weight excluding hydrogens is 386 g/mol. The van der Waals surface area contributed by atoms with Gasteiger partial charge in [0.2, 0.25) is 0 Å². The van der Waals surface area contributed by atoms with Gasteiger partial charge in [-0.3, -0.25) is 10.1 Å². The molecule has 9 heteroatoms. The highest BCUT2D eigenvalue weighted by molar-refractivity contribution is 6.76. The lowest BCUT2D eigenvalue weighted by molar-refractivity contribution is -0.385. The number of fused-ring (bicyclic) bond motifs is 3. The van der Waals surface area contributed by atoms with Gasteiger partial charge in [-0.15, -0.1) is 0 Å². The first-order chi connectivity index (χ1) is 13.8. The molecule has 0 atom stereocenters. The van der Waals surface area contributed by atoms with Crippen molar-refractivity contribution in [3.8, 4) is 5.82 Å². The van der Waals surface area contributed by atoms with Gasteiger partial charge < -0.3 is 13.9 Å². The molecule has 0 aromatic carbocycles. The van der Waals surface area contributed by atoms with Crippen LogP contribution in [0.2, 0.25) is 25.7 Å². The molecule has 0 aliphatic heterocycles. The van der Waals surface area contributed by atoms with Crippen LogP contribution in [-0.4, -0.2) is 38.7 Å². The van der Waals surface area contributed by atoms with Gasteiger partial charge in [0.1, 0.15) is 24.4 Å². The summed E-state index contributed by atoms with van der Waals surface area (Å²) in [6.45, 7) is 8.21. The van der Waals surface area contributed by atoms with Crippen LogP contribution in [-0.2, 0) is 11.5 Å². The fraction of sp³-hybridized carbons (Fsp3) is 0.300. The van der Waals surface area contributed by atoms with Gasteiger partial charge >= 0.3 is 0 Å². The molecule has 0 fully saturated rings. The summed E-state index contributed by atoms with van der Waals surface area (Å²) < 4.78 is 9.81. The lowest BCUT2D eigenvalue weighted by Gasteiger charge is -2.15. The van der Waals surface area contributed by atoms with E-state index in [2.05, 4.69) is 29.6 Å². The fourth-order valence-electron chi connectivity index (χ4n) is 3.23. The van der Waals surface area contributed by atoms with Gasteiger partial charge in [-0.1, -0.05) is 19.6 Å². The zero-order valence-electron chi connectivity index (χ0n) is 16.7. The Labute approximate surface area is 168 Å². The lowest BCUT2D eigenvalue weighted by Crippen LogP contribution is -2.22. The van der Waals surface area contributed by atoms with Gasteiger partial charge in [0.15, 0.2) is 0 Å². The number of hydrogen-bond donors (Lipinski definition) is 0. The van der Waals surface area contributed by atoms with Crippen LogP contribution in [0.1, 0.15) is 0 Å². The number of rotatable bonds is 7. The third kappa shape index (κ3) is 3.92. The highest BCUT2D eigenvalue weighted by Crippen LogP contribution is 2.28. The highest BCUT2D eigenvalue weighted by atomic mass is 28.3. The van der Waals surface area contributed by atoms with Crippen molar-refractivity contribution in [3.05, 3.63) is 59.2 Å². The van der Waals surface area contributed by atoms with Crippen LogP contribution in [0.15, 0.2) is 49.1 Å². The van der Waals surface area contributed by atoms with Gasteiger partial charge in [-0.25, -0.2) is 9.97 Å². The Morgan fingerprint density at radius 1 is 1.10 bits per heavy atom. The van der Waals surface area contributed by atoms with Crippen molar-refractivity contribution >= 4 is 35.7 Å². The first-order valence-corrected chi connectivity index (χ1v) is 13.2. The predicted octanol–water partition coefficient (Wildman–Crippen LogP) is 4.60. The van der Waals surface area contributed by atoms with Crippen LogP contribution < -0.4 is 0 Å². The number of pyridine rings is 2. The molecular formula is C20H23N5O3Si. The second-order valence-corrected chi connectivity index (χ2v) is 13.9. The lowest BCUT2D eigenvalue weighted by atomic mass is 10.2. The summed E-state index contributed by atoms with van der Waals surface area (Å²) in [5, 5.41) is 12.9. The molecule has 0 saturated heterocycles. The molecule has 4 aromatic heterocycles. The van der Waals surface area contributed by atoms with Crippen molar-refractivity contribution < 1.29 is 9.66 Å². The Hall–Kier alpha value is -3.04. The molecule has 0 radical (unpaired) electrons. The monoisotopic (exact) mass is 409 g/mol. The van der Waals surface area contributed by atoms with Crippen molar-refractivity contribution in [2.45, 2.75) is 32.4 Å². The summed E-state index contributed by atoms with van der Waals surface area (Å²) in [4.78, 5) is 19.3. The maximum absolute atomic E-state index is 10.9. The molecule has 0 N–H and O–H groups in total. The van der Waals surface area contributed by atoms with E-state index in [4.69, 9.17) is 4.74 Å². The fourth-order valence-corrected chi connectivity index (χ4v) is 3.98. The topological polar surface area (TPSA) is 88.0 Å². The summed E-state index contributed by atoms with van der Waals surface area (Å²) in [5.41, 5.74) is 1.78. The van der Waals surface area contributed by atoms with E-state index in [0.717, 1.165) is 34.6 Å². The smallest absolute Gasteiger partial charge is 0.287 e. The number of nitro groups is 1. The largest absolute Gasteiger partial charge is 0.361 e. The first-order valence-electron chi connectivity index (χ1n) is 9.47. The van der Waals surface area contributed by atoms with Gasteiger partial charge in [0.05, 0.1) is 10.4 Å². The SMILES string of the molecule is C[Si](C)(C)CCOCn1ccc2c1ncc1ccn(-c3ccc([N+](=O)[O-])cn3)c12. The first kappa shape index (κ1) is 19.3. The normalized spacial score (nSPS) is 12.1. The third-order valence-electron chi connectivity index (χ3n) is 4.85. The molecule has 0 aliphatic carbocycles. The van der Waals surface area contributed by atoms with Crippen LogP contribution in [0.3, 0.4) is 0 Å². The van der Waals surface area contributed by atoms with E-state index in [0.29, 0.717) is 12.5 Å². The van der Waals surface area contributed by atoms with Gasteiger partial charge in [-0.2, -0.15) is 0 Å². The molecule has 0 spiro atoms. The minimum absolute atomic E-state index is 0.0290. The van der Waals surface area contributed by atoms with Gasteiger partial charge in [-0.05, 0) is 24.2 Å². The van der Waals surface area contributed by atoms with Gasteiger partial charge in [0, 0.05) is 50.1 Å². The van der Waals surface area contributed by atoms with E-state index < -0.39 is 13.0 Å². The van der Waals surface area contributed by atoms with E-state index in [1.807, 2.05) is 39.9 Å². The zero-order valence-corrected chi connectivity index (χ0v) is 17.7. The van der Waals surface area contributed by atoms with Crippen molar-refractivity contribution in [1.29, 1.82) is 0 Å². The molecule has 0 aliphatic rings. The molecule has 29 heavy (non-hydrogen) atoms. The summed E-state index contributed by atoms with van der Waals surface area (Å²) in [5.74, 6) is 0.622. The highest BCUT2D eigenvalue weighted by Gasteiger charge is 2.15. The van der Waals surface area contributed by atoms with Crippen LogP contribution in [0.4, 0.5) is 5.69 Å².